The molecule has 19 heavy (non-hydrogen) atoms. The van der Waals surface area contributed by atoms with Gasteiger partial charge in [0.2, 0.25) is 5.91 Å². The molecule has 1 amide bonds. The molecule has 2 atom stereocenters. The summed E-state index contributed by atoms with van der Waals surface area (Å²) >= 11 is 0. The van der Waals surface area contributed by atoms with Gasteiger partial charge >= 0.3 is 0 Å². The topological polar surface area (TPSA) is 66.5 Å². The van der Waals surface area contributed by atoms with Crippen LogP contribution in [-0.4, -0.2) is 49.5 Å². The van der Waals surface area contributed by atoms with Gasteiger partial charge in [0.25, 0.3) is 0 Å². The summed E-state index contributed by atoms with van der Waals surface area (Å²) < 4.78 is 22.3. The van der Waals surface area contributed by atoms with E-state index in [9.17, 15) is 13.2 Å². The zero-order chi connectivity index (χ0) is 14.8. The minimum atomic E-state index is -2.96. The third kappa shape index (κ3) is 3.92. The SMILES string of the molecule is CCC1(C)NC(C(C)C)N(CCCS(C)(=O)=O)C1=O. The van der Waals surface area contributed by atoms with E-state index in [1.165, 1.54) is 6.26 Å². The van der Waals surface area contributed by atoms with E-state index in [1.807, 2.05) is 13.8 Å². The van der Waals surface area contributed by atoms with E-state index in [-0.39, 0.29) is 17.8 Å². The Morgan fingerprint density at radius 2 is 2.00 bits per heavy atom. The van der Waals surface area contributed by atoms with Crippen LogP contribution in [0, 0.1) is 5.92 Å². The van der Waals surface area contributed by atoms with Gasteiger partial charge in [0.05, 0.1) is 17.5 Å². The second kappa shape index (κ2) is 5.79. The molecule has 1 N–H and O–H groups in total. The summed E-state index contributed by atoms with van der Waals surface area (Å²) in [7, 11) is -2.96. The van der Waals surface area contributed by atoms with Crippen LogP contribution in [0.2, 0.25) is 0 Å². The van der Waals surface area contributed by atoms with Crippen LogP contribution in [0.4, 0.5) is 0 Å². The fourth-order valence-corrected chi connectivity index (χ4v) is 3.08. The molecule has 0 aromatic carbocycles. The van der Waals surface area contributed by atoms with Crippen molar-refractivity contribution in [3.63, 3.8) is 0 Å². The van der Waals surface area contributed by atoms with Crippen LogP contribution in [0.1, 0.15) is 40.5 Å². The first-order valence-corrected chi connectivity index (χ1v) is 8.93. The lowest BCUT2D eigenvalue weighted by Crippen LogP contribution is -2.45. The third-order valence-corrected chi connectivity index (χ3v) is 4.82. The largest absolute Gasteiger partial charge is 0.325 e. The summed E-state index contributed by atoms with van der Waals surface area (Å²) in [5.41, 5.74) is -0.514. The normalized spacial score (nSPS) is 28.4. The summed E-state index contributed by atoms with van der Waals surface area (Å²) in [6, 6.07) is 0. The van der Waals surface area contributed by atoms with Crippen molar-refractivity contribution in [3.05, 3.63) is 0 Å². The number of hydrogen-bond acceptors (Lipinski definition) is 4. The highest BCUT2D eigenvalue weighted by molar-refractivity contribution is 7.90. The number of carbonyl (C=O) groups excluding carboxylic acids is 1. The maximum absolute atomic E-state index is 12.4. The van der Waals surface area contributed by atoms with Gasteiger partial charge in [0.15, 0.2) is 0 Å². The van der Waals surface area contributed by atoms with E-state index >= 15 is 0 Å². The number of rotatable bonds is 6. The van der Waals surface area contributed by atoms with Crippen LogP contribution in [0.3, 0.4) is 0 Å². The second-order valence-electron chi connectivity index (χ2n) is 6.00. The number of nitrogens with zero attached hydrogens (tertiary/aromatic N) is 1. The Morgan fingerprint density at radius 3 is 2.42 bits per heavy atom. The van der Waals surface area contributed by atoms with Crippen molar-refractivity contribution in [1.82, 2.24) is 10.2 Å². The molecule has 0 spiro atoms. The lowest BCUT2D eigenvalue weighted by atomic mass is 9.99. The Hall–Kier alpha value is -0.620. The lowest BCUT2D eigenvalue weighted by molar-refractivity contribution is -0.133. The van der Waals surface area contributed by atoms with Crippen molar-refractivity contribution in [2.45, 2.75) is 52.2 Å². The fraction of sp³-hybridized carbons (Fsp3) is 0.923. The van der Waals surface area contributed by atoms with Gasteiger partial charge in [-0.2, -0.15) is 0 Å². The number of carbonyl (C=O) groups is 1. The molecular formula is C13H26N2O3S. The molecular weight excluding hydrogens is 264 g/mol. The number of sulfone groups is 1. The predicted molar refractivity (Wildman–Crippen MR) is 76.5 cm³/mol. The molecule has 0 radical (unpaired) electrons. The van der Waals surface area contributed by atoms with Crippen molar-refractivity contribution in [2.24, 2.45) is 5.92 Å². The molecule has 1 fully saturated rings. The molecule has 2 unspecified atom stereocenters. The molecule has 0 saturated carbocycles. The Morgan fingerprint density at radius 1 is 1.42 bits per heavy atom. The highest BCUT2D eigenvalue weighted by Gasteiger charge is 2.47. The predicted octanol–water partition coefficient (Wildman–Crippen LogP) is 1.00. The Balaban J connectivity index is 2.75. The minimum absolute atomic E-state index is 0.00277. The van der Waals surface area contributed by atoms with Gasteiger partial charge in [-0.1, -0.05) is 20.8 Å². The molecule has 0 aromatic heterocycles. The summed E-state index contributed by atoms with van der Waals surface area (Å²) in [5.74, 6) is 0.516. The maximum atomic E-state index is 12.4. The molecule has 1 heterocycles. The fourth-order valence-electron chi connectivity index (χ4n) is 2.43. The third-order valence-electron chi connectivity index (χ3n) is 3.79. The molecule has 1 rings (SSSR count). The van der Waals surface area contributed by atoms with Crippen molar-refractivity contribution in [2.75, 3.05) is 18.6 Å². The summed E-state index contributed by atoms with van der Waals surface area (Å²) in [6.45, 7) is 8.53. The van der Waals surface area contributed by atoms with E-state index in [0.29, 0.717) is 18.9 Å². The summed E-state index contributed by atoms with van der Waals surface area (Å²) in [4.78, 5) is 14.2. The van der Waals surface area contributed by atoms with Gasteiger partial charge in [0, 0.05) is 12.8 Å². The Kier molecular flexibility index (Phi) is 5.01. The molecule has 6 heteroatoms. The van der Waals surface area contributed by atoms with Crippen LogP contribution < -0.4 is 5.32 Å². The van der Waals surface area contributed by atoms with E-state index in [4.69, 9.17) is 0 Å². The first kappa shape index (κ1) is 16.4. The maximum Gasteiger partial charge on any atom is 0.243 e. The minimum Gasteiger partial charge on any atom is -0.325 e. The monoisotopic (exact) mass is 290 g/mol. The first-order chi connectivity index (χ1) is 8.60. The second-order valence-corrected chi connectivity index (χ2v) is 8.26. The molecule has 1 saturated heterocycles. The lowest BCUT2D eigenvalue weighted by Gasteiger charge is -2.27. The van der Waals surface area contributed by atoms with Gasteiger partial charge < -0.3 is 4.90 Å². The number of hydrogen-bond donors (Lipinski definition) is 1. The molecule has 0 bridgehead atoms. The van der Waals surface area contributed by atoms with Crippen LogP contribution in [0.25, 0.3) is 0 Å². The molecule has 5 nitrogen and oxygen atoms in total. The van der Waals surface area contributed by atoms with Gasteiger partial charge in [-0.25, -0.2) is 8.42 Å². The van der Waals surface area contributed by atoms with Gasteiger partial charge in [0.1, 0.15) is 9.84 Å². The van der Waals surface area contributed by atoms with Crippen LogP contribution in [0.5, 0.6) is 0 Å². The van der Waals surface area contributed by atoms with Gasteiger partial charge in [-0.05, 0) is 25.7 Å². The van der Waals surface area contributed by atoms with E-state index in [1.54, 1.807) is 4.90 Å². The molecule has 1 aliphatic rings. The zero-order valence-corrected chi connectivity index (χ0v) is 13.4. The van der Waals surface area contributed by atoms with E-state index in [2.05, 4.69) is 19.2 Å². The molecule has 0 aliphatic carbocycles. The van der Waals surface area contributed by atoms with E-state index in [0.717, 1.165) is 6.42 Å². The Labute approximate surface area is 116 Å². The number of nitrogens with one attached hydrogen (secondary N) is 1. The van der Waals surface area contributed by atoms with Crippen molar-refractivity contribution < 1.29 is 13.2 Å². The van der Waals surface area contributed by atoms with Crippen LogP contribution in [0.15, 0.2) is 0 Å². The smallest absolute Gasteiger partial charge is 0.243 e. The van der Waals surface area contributed by atoms with Gasteiger partial charge in [-0.15, -0.1) is 0 Å². The number of amides is 1. The zero-order valence-electron chi connectivity index (χ0n) is 12.6. The highest BCUT2D eigenvalue weighted by atomic mass is 32.2. The van der Waals surface area contributed by atoms with Gasteiger partial charge in [-0.3, -0.25) is 10.1 Å². The Bertz CT molecular complexity index is 433. The standard InChI is InChI=1S/C13H26N2O3S/c1-6-13(4)12(16)15(11(14-13)10(2)3)8-7-9-19(5,17)18/h10-11,14H,6-9H2,1-5H3. The van der Waals surface area contributed by atoms with Crippen molar-refractivity contribution in [3.8, 4) is 0 Å². The van der Waals surface area contributed by atoms with Crippen LogP contribution >= 0.6 is 0 Å². The quantitative estimate of drug-likeness (QED) is 0.792. The summed E-state index contributed by atoms with van der Waals surface area (Å²) in [5, 5.41) is 3.39. The van der Waals surface area contributed by atoms with Crippen molar-refractivity contribution in [1.29, 1.82) is 0 Å². The van der Waals surface area contributed by atoms with Crippen molar-refractivity contribution >= 4 is 15.7 Å². The average molecular weight is 290 g/mol. The average Bonchev–Trinajstić information content (AvgIpc) is 2.53. The molecule has 1 aliphatic heterocycles. The van der Waals surface area contributed by atoms with E-state index < -0.39 is 15.4 Å². The van der Waals surface area contributed by atoms with Crippen LogP contribution in [-0.2, 0) is 14.6 Å². The summed E-state index contributed by atoms with van der Waals surface area (Å²) in [6.07, 6.45) is 2.46. The molecule has 112 valence electrons. The first-order valence-electron chi connectivity index (χ1n) is 6.87. The molecule has 0 aromatic rings. The highest BCUT2D eigenvalue weighted by Crippen LogP contribution is 2.27.